The summed E-state index contributed by atoms with van der Waals surface area (Å²) in [7, 11) is 0. The first-order valence-corrected chi connectivity index (χ1v) is 17.9. The van der Waals surface area contributed by atoms with Gasteiger partial charge in [0, 0.05) is 29.1 Å². The molecule has 0 unspecified atom stereocenters. The number of hydrogen-bond acceptors (Lipinski definition) is 4. The average molecular weight is 699 g/mol. The molecule has 0 saturated carbocycles. The molecule has 0 aliphatic carbocycles. The van der Waals surface area contributed by atoms with Crippen molar-refractivity contribution in [3.63, 3.8) is 0 Å². The Hall–Kier alpha value is -4.42. The van der Waals surface area contributed by atoms with E-state index < -0.39 is 11.1 Å². The molecule has 2 rings (SSSR count). The van der Waals surface area contributed by atoms with E-state index in [1.807, 2.05) is 19.9 Å². The van der Waals surface area contributed by atoms with Gasteiger partial charge in [-0.15, -0.1) is 0 Å². The minimum atomic E-state index is -1.20. The van der Waals surface area contributed by atoms with Gasteiger partial charge in [-0.1, -0.05) is 91.4 Å². The van der Waals surface area contributed by atoms with Crippen molar-refractivity contribution in [1.29, 1.82) is 0 Å². The van der Waals surface area contributed by atoms with Crippen LogP contribution in [0.5, 0.6) is 5.75 Å². The molecule has 7 heteroatoms. The molecule has 0 saturated heterocycles. The Bertz CT molecular complexity index is 1510. The molecule has 0 radical (unpaired) electrons. The second kappa shape index (κ2) is 23.1. The van der Waals surface area contributed by atoms with Gasteiger partial charge >= 0.3 is 0 Å². The summed E-state index contributed by atoms with van der Waals surface area (Å²) in [5.41, 5.74) is -0.861. The predicted octanol–water partition coefficient (Wildman–Crippen LogP) is 10.2. The summed E-state index contributed by atoms with van der Waals surface area (Å²) in [6, 6.07) is 13.4. The van der Waals surface area contributed by atoms with Crippen molar-refractivity contribution in [2.24, 2.45) is 0 Å². The van der Waals surface area contributed by atoms with Gasteiger partial charge < -0.3 is 15.4 Å². The SMILES string of the molecule is CC/C=C\C/C=C\C/C=C\C/C=C\C/C=C\C/C=C\CCC(=O)NCC(C)(C)NC(=O)C(C)(C)Oc1ccc(C(=O)c2ccc(Cl)cc2)cc1. The number of halogens is 1. The van der Waals surface area contributed by atoms with Crippen molar-refractivity contribution < 1.29 is 19.1 Å². The van der Waals surface area contributed by atoms with Gasteiger partial charge in [-0.3, -0.25) is 14.4 Å². The third-order valence-corrected chi connectivity index (χ3v) is 7.71. The standard InChI is InChI=1S/C43H55ClN2O4/c1-6-7-8-9-10-11-12-13-14-15-16-17-18-19-20-21-22-23-24-25-39(47)45-34-42(2,3)46-41(49)43(4,5)50-38-32-28-36(29-33-38)40(48)35-26-30-37(44)31-27-35/h7-8,10-11,13-14,16-17,19-20,22-23,26-33H,6,9,12,15,18,21,24-25,34H2,1-5H3,(H,45,47)(H,46,49)/b8-7-,11-10-,14-13-,17-16-,20-19-,23-22-. The Morgan fingerprint density at radius 1 is 0.660 bits per heavy atom. The summed E-state index contributed by atoms with van der Waals surface area (Å²) in [6.45, 7) is 9.48. The molecule has 0 spiro atoms. The molecule has 2 amide bonds. The second-order valence-electron chi connectivity index (χ2n) is 13.0. The van der Waals surface area contributed by atoms with Crippen molar-refractivity contribution in [2.45, 2.75) is 97.1 Å². The van der Waals surface area contributed by atoms with Crippen LogP contribution in [-0.2, 0) is 9.59 Å². The van der Waals surface area contributed by atoms with Crippen molar-refractivity contribution in [1.82, 2.24) is 10.6 Å². The fourth-order valence-corrected chi connectivity index (χ4v) is 4.67. The molecule has 2 aromatic rings. The fourth-order valence-electron chi connectivity index (χ4n) is 4.55. The van der Waals surface area contributed by atoms with E-state index >= 15 is 0 Å². The maximum atomic E-state index is 13.1. The Kier molecular flexibility index (Phi) is 19.3. The molecule has 0 fully saturated rings. The molecule has 0 atom stereocenters. The Labute approximate surface area is 305 Å². The molecule has 6 nitrogen and oxygen atoms in total. The summed E-state index contributed by atoms with van der Waals surface area (Å²) in [5, 5.41) is 6.46. The lowest BCUT2D eigenvalue weighted by Gasteiger charge is -2.32. The summed E-state index contributed by atoms with van der Waals surface area (Å²) in [5.74, 6) is -0.0728. The lowest BCUT2D eigenvalue weighted by atomic mass is 10.0. The summed E-state index contributed by atoms with van der Waals surface area (Å²) >= 11 is 5.92. The van der Waals surface area contributed by atoms with Crippen LogP contribution in [0.1, 0.15) is 102 Å². The van der Waals surface area contributed by atoms with Gasteiger partial charge in [-0.2, -0.15) is 0 Å². The highest BCUT2D eigenvalue weighted by molar-refractivity contribution is 6.30. The van der Waals surface area contributed by atoms with Crippen LogP contribution in [0.2, 0.25) is 5.02 Å². The summed E-state index contributed by atoms with van der Waals surface area (Å²) < 4.78 is 5.99. The van der Waals surface area contributed by atoms with Gasteiger partial charge in [0.05, 0.1) is 5.54 Å². The zero-order chi connectivity index (χ0) is 36.7. The minimum absolute atomic E-state index is 0.0735. The van der Waals surface area contributed by atoms with Crippen molar-refractivity contribution in [2.75, 3.05) is 6.54 Å². The first-order chi connectivity index (χ1) is 23.9. The Morgan fingerprint density at radius 2 is 1.10 bits per heavy atom. The van der Waals surface area contributed by atoms with E-state index in [-0.39, 0.29) is 24.1 Å². The van der Waals surface area contributed by atoms with E-state index in [2.05, 4.69) is 84.4 Å². The zero-order valence-corrected chi connectivity index (χ0v) is 31.2. The fraction of sp³-hybridized carbons (Fsp3) is 0.372. The van der Waals surface area contributed by atoms with E-state index in [4.69, 9.17) is 16.3 Å². The van der Waals surface area contributed by atoms with Crippen LogP contribution >= 0.6 is 11.6 Å². The highest BCUT2D eigenvalue weighted by atomic mass is 35.5. The average Bonchev–Trinajstić information content (AvgIpc) is 3.08. The number of nitrogens with one attached hydrogen (secondary N) is 2. The van der Waals surface area contributed by atoms with Gasteiger partial charge in [-0.25, -0.2) is 0 Å². The van der Waals surface area contributed by atoms with Gasteiger partial charge in [0.1, 0.15) is 5.75 Å². The molecule has 50 heavy (non-hydrogen) atoms. The summed E-state index contributed by atoms with van der Waals surface area (Å²) in [6.07, 6.45) is 32.7. The predicted molar refractivity (Wildman–Crippen MR) is 209 cm³/mol. The van der Waals surface area contributed by atoms with Gasteiger partial charge in [0.2, 0.25) is 5.91 Å². The number of ether oxygens (including phenoxy) is 1. The molecular formula is C43H55ClN2O4. The number of hydrogen-bond donors (Lipinski definition) is 2. The molecule has 0 heterocycles. The number of carbonyl (C=O) groups excluding carboxylic acids is 3. The normalized spacial score (nSPS) is 12.7. The van der Waals surface area contributed by atoms with Crippen LogP contribution in [0.15, 0.2) is 121 Å². The van der Waals surface area contributed by atoms with E-state index in [1.54, 1.807) is 62.4 Å². The number of amides is 2. The molecule has 2 aromatic carbocycles. The maximum Gasteiger partial charge on any atom is 0.264 e. The largest absolute Gasteiger partial charge is 0.478 e. The lowest BCUT2D eigenvalue weighted by Crippen LogP contribution is -2.57. The van der Waals surface area contributed by atoms with Gasteiger partial charge in [0.15, 0.2) is 11.4 Å². The number of rotatable bonds is 22. The van der Waals surface area contributed by atoms with E-state index in [1.165, 1.54) is 0 Å². The smallest absolute Gasteiger partial charge is 0.264 e. The van der Waals surface area contributed by atoms with Crippen LogP contribution in [0.3, 0.4) is 0 Å². The minimum Gasteiger partial charge on any atom is -0.478 e. The number of allylic oxidation sites excluding steroid dienone is 12. The van der Waals surface area contributed by atoms with Crippen LogP contribution in [0, 0.1) is 0 Å². The Balaban J connectivity index is 1.63. The molecule has 0 aliphatic heterocycles. The third-order valence-electron chi connectivity index (χ3n) is 7.46. The zero-order valence-electron chi connectivity index (χ0n) is 30.4. The second-order valence-corrected chi connectivity index (χ2v) is 13.5. The first-order valence-electron chi connectivity index (χ1n) is 17.5. The molecule has 2 N–H and O–H groups in total. The van der Waals surface area contributed by atoms with Crippen molar-refractivity contribution >= 4 is 29.2 Å². The highest BCUT2D eigenvalue weighted by Crippen LogP contribution is 2.22. The number of carbonyl (C=O) groups is 3. The number of ketones is 1. The topological polar surface area (TPSA) is 84.5 Å². The van der Waals surface area contributed by atoms with E-state index in [9.17, 15) is 14.4 Å². The van der Waals surface area contributed by atoms with Crippen molar-refractivity contribution in [3.05, 3.63) is 138 Å². The van der Waals surface area contributed by atoms with Crippen LogP contribution < -0.4 is 15.4 Å². The third kappa shape index (κ3) is 17.8. The van der Waals surface area contributed by atoms with Crippen LogP contribution in [0.4, 0.5) is 0 Å². The Morgan fingerprint density at radius 3 is 1.58 bits per heavy atom. The van der Waals surface area contributed by atoms with Crippen LogP contribution in [-0.4, -0.2) is 35.3 Å². The van der Waals surface area contributed by atoms with E-state index in [0.29, 0.717) is 34.7 Å². The van der Waals surface area contributed by atoms with Gasteiger partial charge in [0.25, 0.3) is 5.91 Å². The van der Waals surface area contributed by atoms with E-state index in [0.717, 1.165) is 38.5 Å². The van der Waals surface area contributed by atoms with Gasteiger partial charge in [-0.05, 0) is 121 Å². The summed E-state index contributed by atoms with van der Waals surface area (Å²) in [4.78, 5) is 38.3. The first kappa shape index (κ1) is 41.7. The quantitative estimate of drug-likeness (QED) is 0.0947. The lowest BCUT2D eigenvalue weighted by molar-refractivity contribution is -0.136. The monoisotopic (exact) mass is 698 g/mol. The molecular weight excluding hydrogens is 644 g/mol. The highest BCUT2D eigenvalue weighted by Gasteiger charge is 2.34. The number of benzene rings is 2. The maximum absolute atomic E-state index is 13.1. The molecule has 0 aromatic heterocycles. The van der Waals surface area contributed by atoms with Crippen LogP contribution in [0.25, 0.3) is 0 Å². The van der Waals surface area contributed by atoms with Crippen molar-refractivity contribution in [3.8, 4) is 5.75 Å². The molecule has 268 valence electrons. The molecule has 0 aliphatic rings. The molecule has 0 bridgehead atoms.